The molecule has 0 aliphatic heterocycles. The van der Waals surface area contributed by atoms with Gasteiger partial charge in [0.05, 0.1) is 6.61 Å². The van der Waals surface area contributed by atoms with Gasteiger partial charge in [-0.25, -0.2) is 4.79 Å². The SMILES string of the molecule is CCCC(=O)OCCC=CC(=O)O. The zero-order chi connectivity index (χ0) is 10.1. The van der Waals surface area contributed by atoms with Gasteiger partial charge in [0.15, 0.2) is 0 Å². The van der Waals surface area contributed by atoms with Crippen LogP contribution in [-0.4, -0.2) is 23.7 Å². The van der Waals surface area contributed by atoms with E-state index in [-0.39, 0.29) is 12.6 Å². The number of ether oxygens (including phenoxy) is 1. The second kappa shape index (κ2) is 7.34. The largest absolute Gasteiger partial charge is 0.478 e. The highest BCUT2D eigenvalue weighted by Gasteiger charge is 1.98. The Morgan fingerprint density at radius 1 is 1.46 bits per heavy atom. The maximum absolute atomic E-state index is 10.8. The van der Waals surface area contributed by atoms with Gasteiger partial charge in [0, 0.05) is 18.9 Å². The van der Waals surface area contributed by atoms with E-state index >= 15 is 0 Å². The highest BCUT2D eigenvalue weighted by molar-refractivity contribution is 5.79. The quantitative estimate of drug-likeness (QED) is 0.386. The molecular formula is C9H14O4. The van der Waals surface area contributed by atoms with Crippen molar-refractivity contribution in [1.29, 1.82) is 0 Å². The standard InChI is InChI=1S/C9H14O4/c1-2-5-9(12)13-7-4-3-6-8(10)11/h3,6H,2,4-5,7H2,1H3,(H,10,11). The number of rotatable bonds is 6. The summed E-state index contributed by atoms with van der Waals surface area (Å²) in [5.74, 6) is -1.22. The maximum Gasteiger partial charge on any atom is 0.327 e. The summed E-state index contributed by atoms with van der Waals surface area (Å²) >= 11 is 0. The van der Waals surface area contributed by atoms with Crippen LogP contribution in [0.3, 0.4) is 0 Å². The molecule has 0 aromatic heterocycles. The summed E-state index contributed by atoms with van der Waals surface area (Å²) in [6.45, 7) is 2.15. The fraction of sp³-hybridized carbons (Fsp3) is 0.556. The lowest BCUT2D eigenvalue weighted by Gasteiger charge is -1.99. The minimum Gasteiger partial charge on any atom is -0.478 e. The average Bonchev–Trinajstić information content (AvgIpc) is 2.03. The van der Waals surface area contributed by atoms with Crippen LogP contribution in [0, 0.1) is 0 Å². The smallest absolute Gasteiger partial charge is 0.327 e. The fourth-order valence-electron chi connectivity index (χ4n) is 0.701. The van der Waals surface area contributed by atoms with Crippen LogP contribution in [0.15, 0.2) is 12.2 Å². The summed E-state index contributed by atoms with van der Waals surface area (Å²) in [6.07, 6.45) is 4.13. The molecule has 0 aliphatic rings. The van der Waals surface area contributed by atoms with Crippen LogP contribution in [0.25, 0.3) is 0 Å². The normalized spacial score (nSPS) is 10.2. The van der Waals surface area contributed by atoms with Crippen LogP contribution in [0.2, 0.25) is 0 Å². The zero-order valence-electron chi connectivity index (χ0n) is 7.66. The molecule has 74 valence electrons. The summed E-state index contributed by atoms with van der Waals surface area (Å²) in [7, 11) is 0. The molecule has 0 aliphatic carbocycles. The molecule has 0 rings (SSSR count). The third-order valence-corrected chi connectivity index (χ3v) is 1.26. The first-order valence-corrected chi connectivity index (χ1v) is 4.22. The Balaban J connectivity index is 3.35. The second-order valence-corrected chi connectivity index (χ2v) is 2.50. The highest BCUT2D eigenvalue weighted by Crippen LogP contribution is 1.93. The molecule has 0 atom stereocenters. The minimum atomic E-state index is -0.986. The van der Waals surface area contributed by atoms with Gasteiger partial charge < -0.3 is 9.84 Å². The fourth-order valence-corrected chi connectivity index (χ4v) is 0.701. The molecule has 0 heterocycles. The number of carbonyl (C=O) groups is 2. The number of hydrogen-bond donors (Lipinski definition) is 1. The number of aliphatic carboxylic acids is 1. The van der Waals surface area contributed by atoms with Crippen molar-refractivity contribution < 1.29 is 19.4 Å². The third kappa shape index (κ3) is 8.59. The Kier molecular flexibility index (Phi) is 6.59. The van der Waals surface area contributed by atoms with Crippen molar-refractivity contribution in [1.82, 2.24) is 0 Å². The predicted octanol–water partition coefficient (Wildman–Crippen LogP) is 1.36. The van der Waals surface area contributed by atoms with Crippen molar-refractivity contribution in [2.75, 3.05) is 6.61 Å². The van der Waals surface area contributed by atoms with Crippen LogP contribution >= 0.6 is 0 Å². The number of carboxylic acids is 1. The Hall–Kier alpha value is -1.32. The molecule has 0 saturated carbocycles. The van der Waals surface area contributed by atoms with Crippen LogP contribution in [0.5, 0.6) is 0 Å². The van der Waals surface area contributed by atoms with Gasteiger partial charge in [-0.15, -0.1) is 0 Å². The molecule has 0 unspecified atom stereocenters. The summed E-state index contributed by atoms with van der Waals surface area (Å²) in [4.78, 5) is 20.8. The van der Waals surface area contributed by atoms with E-state index in [1.165, 1.54) is 6.08 Å². The van der Waals surface area contributed by atoms with Gasteiger partial charge in [-0.2, -0.15) is 0 Å². The third-order valence-electron chi connectivity index (χ3n) is 1.26. The van der Waals surface area contributed by atoms with Gasteiger partial charge in [0.1, 0.15) is 0 Å². The Morgan fingerprint density at radius 2 is 2.15 bits per heavy atom. The topological polar surface area (TPSA) is 63.6 Å². The highest BCUT2D eigenvalue weighted by atomic mass is 16.5. The van der Waals surface area contributed by atoms with Crippen molar-refractivity contribution in [3.05, 3.63) is 12.2 Å². The second-order valence-electron chi connectivity index (χ2n) is 2.50. The van der Waals surface area contributed by atoms with E-state index in [1.54, 1.807) is 0 Å². The lowest BCUT2D eigenvalue weighted by molar-refractivity contribution is -0.143. The number of carboxylic acid groups (broad SMARTS) is 1. The van der Waals surface area contributed by atoms with Gasteiger partial charge in [-0.1, -0.05) is 13.0 Å². The molecule has 0 fully saturated rings. The summed E-state index contributed by atoms with van der Waals surface area (Å²) in [5.41, 5.74) is 0. The molecule has 13 heavy (non-hydrogen) atoms. The van der Waals surface area contributed by atoms with Gasteiger partial charge in [0.25, 0.3) is 0 Å². The Labute approximate surface area is 77.2 Å². The maximum atomic E-state index is 10.8. The van der Waals surface area contributed by atoms with E-state index in [1.807, 2.05) is 6.92 Å². The molecule has 0 aromatic rings. The Morgan fingerprint density at radius 3 is 2.69 bits per heavy atom. The molecule has 0 saturated heterocycles. The molecule has 0 spiro atoms. The van der Waals surface area contributed by atoms with Gasteiger partial charge in [-0.3, -0.25) is 4.79 Å². The van der Waals surface area contributed by atoms with Crippen LogP contribution in [0.1, 0.15) is 26.2 Å². The number of carbonyl (C=O) groups excluding carboxylic acids is 1. The van der Waals surface area contributed by atoms with Gasteiger partial charge in [0.2, 0.25) is 0 Å². The van der Waals surface area contributed by atoms with Crippen LogP contribution in [0.4, 0.5) is 0 Å². The van der Waals surface area contributed by atoms with Gasteiger partial charge in [-0.05, 0) is 6.42 Å². The number of esters is 1. The lowest BCUT2D eigenvalue weighted by atomic mass is 10.3. The molecule has 0 bridgehead atoms. The first-order valence-electron chi connectivity index (χ1n) is 4.22. The molecule has 1 N–H and O–H groups in total. The van der Waals surface area contributed by atoms with Crippen LogP contribution < -0.4 is 0 Å². The van der Waals surface area contributed by atoms with E-state index in [4.69, 9.17) is 9.84 Å². The molecule has 0 amide bonds. The van der Waals surface area contributed by atoms with E-state index < -0.39 is 5.97 Å². The minimum absolute atomic E-state index is 0.230. The number of hydrogen-bond acceptors (Lipinski definition) is 3. The molecule has 0 radical (unpaired) electrons. The summed E-state index contributed by atoms with van der Waals surface area (Å²) in [5, 5.41) is 8.21. The Bertz CT molecular complexity index is 196. The summed E-state index contributed by atoms with van der Waals surface area (Å²) in [6, 6.07) is 0. The van der Waals surface area contributed by atoms with E-state index in [9.17, 15) is 9.59 Å². The van der Waals surface area contributed by atoms with E-state index in [0.717, 1.165) is 12.5 Å². The van der Waals surface area contributed by atoms with Crippen molar-refractivity contribution in [3.63, 3.8) is 0 Å². The van der Waals surface area contributed by atoms with Crippen molar-refractivity contribution in [2.45, 2.75) is 26.2 Å². The van der Waals surface area contributed by atoms with E-state index in [2.05, 4.69) is 0 Å². The van der Waals surface area contributed by atoms with Crippen molar-refractivity contribution in [3.8, 4) is 0 Å². The average molecular weight is 186 g/mol. The van der Waals surface area contributed by atoms with Crippen molar-refractivity contribution >= 4 is 11.9 Å². The van der Waals surface area contributed by atoms with Crippen LogP contribution in [-0.2, 0) is 14.3 Å². The molecular weight excluding hydrogens is 172 g/mol. The zero-order valence-corrected chi connectivity index (χ0v) is 7.66. The van der Waals surface area contributed by atoms with Gasteiger partial charge >= 0.3 is 11.9 Å². The first-order chi connectivity index (χ1) is 6.16. The monoisotopic (exact) mass is 186 g/mol. The molecule has 0 aromatic carbocycles. The van der Waals surface area contributed by atoms with E-state index in [0.29, 0.717) is 12.8 Å². The van der Waals surface area contributed by atoms with Crippen molar-refractivity contribution in [2.24, 2.45) is 0 Å². The molecule has 4 nitrogen and oxygen atoms in total. The molecule has 4 heteroatoms. The summed E-state index contributed by atoms with van der Waals surface area (Å²) < 4.78 is 4.78. The lowest BCUT2D eigenvalue weighted by Crippen LogP contribution is -2.04. The predicted molar refractivity (Wildman–Crippen MR) is 47.3 cm³/mol. The first kappa shape index (κ1) is 11.7.